The maximum atomic E-state index is 10.0. The molecule has 0 heterocycles. The predicted molar refractivity (Wildman–Crippen MR) is 160 cm³/mol. The Bertz CT molecular complexity index is 1130. The first-order valence-electron chi connectivity index (χ1n) is 13.4. The van der Waals surface area contributed by atoms with Gasteiger partial charge in [-0.15, -0.1) is 6.42 Å². The zero-order chi connectivity index (χ0) is 27.9. The Balaban J connectivity index is 2.21. The second-order valence-electron chi connectivity index (χ2n) is 10.1. The van der Waals surface area contributed by atoms with E-state index in [1.165, 1.54) is 16.7 Å². The van der Waals surface area contributed by atoms with Gasteiger partial charge in [0.15, 0.2) is 0 Å². The van der Waals surface area contributed by atoms with E-state index < -0.39 is 0 Å². The van der Waals surface area contributed by atoms with Crippen LogP contribution in [0.4, 0.5) is 0 Å². The molecule has 204 valence electrons. The molecule has 0 radical (unpaired) electrons. The topological polar surface area (TPSA) is 41.9 Å². The number of nitrogens with zero attached hydrogens (tertiary/aromatic N) is 1. The van der Waals surface area contributed by atoms with E-state index in [0.29, 0.717) is 6.61 Å². The van der Waals surface area contributed by atoms with E-state index in [1.807, 2.05) is 57.4 Å². The summed E-state index contributed by atoms with van der Waals surface area (Å²) in [5.41, 5.74) is 7.07. The van der Waals surface area contributed by atoms with Crippen LogP contribution in [0, 0.1) is 18.3 Å². The third-order valence-corrected chi connectivity index (χ3v) is 6.80. The van der Waals surface area contributed by atoms with Crippen molar-refractivity contribution in [1.29, 1.82) is 0 Å². The molecule has 0 spiro atoms. The number of aliphatic hydroxyl groups excluding tert-OH is 1. The maximum Gasteiger partial charge on any atom is 0.119 e. The van der Waals surface area contributed by atoms with E-state index in [2.05, 4.69) is 48.9 Å². The Morgan fingerprint density at radius 1 is 1.05 bits per heavy atom. The number of rotatable bonds is 15. The van der Waals surface area contributed by atoms with Crippen molar-refractivity contribution in [3.05, 3.63) is 94.3 Å². The highest BCUT2D eigenvalue weighted by Gasteiger charge is 2.13. The molecule has 0 saturated carbocycles. The van der Waals surface area contributed by atoms with Gasteiger partial charge >= 0.3 is 0 Å². The zero-order valence-electron chi connectivity index (χ0n) is 24.1. The Kier molecular flexibility index (Phi) is 13.5. The highest BCUT2D eigenvalue weighted by molar-refractivity contribution is 5.71. The third-order valence-electron chi connectivity index (χ3n) is 6.80. The number of terminal acetylenes is 1. The molecule has 1 N–H and O–H groups in total. The van der Waals surface area contributed by atoms with Crippen LogP contribution in [0.1, 0.15) is 56.7 Å². The highest BCUT2D eigenvalue weighted by Crippen LogP contribution is 2.31. The molecular weight excluding hydrogens is 470 g/mol. The van der Waals surface area contributed by atoms with Gasteiger partial charge in [-0.2, -0.15) is 0 Å². The molecule has 2 aromatic rings. The van der Waals surface area contributed by atoms with Gasteiger partial charge in [0.05, 0.1) is 19.5 Å². The molecule has 0 aliphatic carbocycles. The van der Waals surface area contributed by atoms with Crippen LogP contribution in [0.5, 0.6) is 5.75 Å². The van der Waals surface area contributed by atoms with Crippen LogP contribution in [-0.2, 0) is 17.8 Å². The van der Waals surface area contributed by atoms with Crippen LogP contribution >= 0.6 is 0 Å². The monoisotopic (exact) mass is 515 g/mol. The van der Waals surface area contributed by atoms with Gasteiger partial charge < -0.3 is 19.5 Å². The van der Waals surface area contributed by atoms with E-state index in [1.54, 1.807) is 7.11 Å². The molecule has 1 atom stereocenters. The molecule has 4 nitrogen and oxygen atoms in total. The summed E-state index contributed by atoms with van der Waals surface area (Å²) in [6, 6.07) is 16.5. The van der Waals surface area contributed by atoms with E-state index in [9.17, 15) is 5.11 Å². The van der Waals surface area contributed by atoms with Crippen LogP contribution < -0.4 is 4.74 Å². The van der Waals surface area contributed by atoms with Crippen molar-refractivity contribution < 1.29 is 14.6 Å². The molecular formula is C34H45NO3. The molecule has 2 aromatic carbocycles. The average molecular weight is 516 g/mol. The Hall–Kier alpha value is -3.26. The van der Waals surface area contributed by atoms with Crippen LogP contribution in [-0.4, -0.2) is 44.4 Å². The van der Waals surface area contributed by atoms with Crippen molar-refractivity contribution in [2.24, 2.45) is 5.92 Å². The van der Waals surface area contributed by atoms with Crippen molar-refractivity contribution in [2.75, 3.05) is 34.4 Å². The lowest BCUT2D eigenvalue weighted by molar-refractivity contribution is 0.261. The van der Waals surface area contributed by atoms with Gasteiger partial charge in [-0.1, -0.05) is 59.5 Å². The van der Waals surface area contributed by atoms with Crippen LogP contribution in [0.3, 0.4) is 0 Å². The number of hydrogen-bond donors (Lipinski definition) is 1. The Labute approximate surface area is 230 Å². The summed E-state index contributed by atoms with van der Waals surface area (Å²) in [7, 11) is 5.75. The first-order valence-corrected chi connectivity index (χ1v) is 13.4. The summed E-state index contributed by atoms with van der Waals surface area (Å²) >= 11 is 0. The number of aliphatic hydroxyl groups is 1. The standard InChI is InChI=1S/C34H45NO3/c1-8-30(26(2)16-17-28(4)37-7)13-11-15-33(34-14-10-9-12-31(34)25-36)27(3)24-29-18-20-32(21-19-29)38-23-22-35(5)6/h1,9-10,12,14,16-21,30,36H,11,13,15,22-25H2,2-7H3/b26-16-,28-17+,33-27-. The lowest BCUT2D eigenvalue weighted by Crippen LogP contribution is -2.19. The van der Waals surface area contributed by atoms with Gasteiger partial charge in [0.2, 0.25) is 0 Å². The van der Waals surface area contributed by atoms with Crippen LogP contribution in [0.2, 0.25) is 0 Å². The molecule has 0 saturated heterocycles. The number of allylic oxidation sites excluding steroid dienone is 6. The van der Waals surface area contributed by atoms with Crippen molar-refractivity contribution >= 4 is 5.57 Å². The lowest BCUT2D eigenvalue weighted by Gasteiger charge is -2.18. The molecule has 2 rings (SSSR count). The van der Waals surface area contributed by atoms with Crippen LogP contribution in [0.15, 0.2) is 77.6 Å². The summed E-state index contributed by atoms with van der Waals surface area (Å²) in [6.07, 6.45) is 13.5. The first kappa shape index (κ1) is 31.0. The Morgan fingerprint density at radius 3 is 2.39 bits per heavy atom. The van der Waals surface area contributed by atoms with Gasteiger partial charge in [0.25, 0.3) is 0 Å². The fourth-order valence-corrected chi connectivity index (χ4v) is 4.35. The predicted octanol–water partition coefficient (Wildman–Crippen LogP) is 7.05. The molecule has 0 fully saturated rings. The summed E-state index contributed by atoms with van der Waals surface area (Å²) < 4.78 is 11.1. The molecule has 0 bridgehead atoms. The fraction of sp³-hybridized carbons (Fsp3) is 0.412. The van der Waals surface area contributed by atoms with E-state index in [-0.39, 0.29) is 12.5 Å². The molecule has 0 aliphatic heterocycles. The minimum atomic E-state index is 0.0198. The van der Waals surface area contributed by atoms with E-state index in [0.717, 1.165) is 60.4 Å². The normalized spacial score (nSPS) is 13.7. The van der Waals surface area contributed by atoms with E-state index >= 15 is 0 Å². The summed E-state index contributed by atoms with van der Waals surface area (Å²) in [5, 5.41) is 10.0. The van der Waals surface area contributed by atoms with Gasteiger partial charge in [0, 0.05) is 12.5 Å². The summed E-state index contributed by atoms with van der Waals surface area (Å²) in [4.78, 5) is 2.11. The largest absolute Gasteiger partial charge is 0.501 e. The number of ether oxygens (including phenoxy) is 2. The van der Waals surface area contributed by atoms with Crippen molar-refractivity contribution in [3.63, 3.8) is 0 Å². The molecule has 0 aliphatic rings. The van der Waals surface area contributed by atoms with Crippen LogP contribution in [0.25, 0.3) is 5.57 Å². The van der Waals surface area contributed by atoms with Gasteiger partial charge in [0.1, 0.15) is 12.4 Å². The number of likely N-dealkylation sites (N-methyl/N-ethyl adjacent to an activating group) is 1. The SMILES string of the molecule is C#CC(CCC/C(=C(\C)Cc1ccc(OCCN(C)C)cc1)c1ccccc1CO)/C(C)=C\C=C(/C)OC. The Morgan fingerprint density at radius 2 is 1.76 bits per heavy atom. The van der Waals surface area contributed by atoms with Gasteiger partial charge in [-0.3, -0.25) is 0 Å². The third kappa shape index (κ3) is 10.2. The molecule has 1 unspecified atom stereocenters. The van der Waals surface area contributed by atoms with Crippen molar-refractivity contribution in [2.45, 2.75) is 53.1 Å². The summed E-state index contributed by atoms with van der Waals surface area (Å²) in [5.74, 6) is 4.79. The van der Waals surface area contributed by atoms with Crippen molar-refractivity contribution in [1.82, 2.24) is 4.90 Å². The second-order valence-corrected chi connectivity index (χ2v) is 10.1. The number of benzene rings is 2. The first-order chi connectivity index (χ1) is 18.3. The number of hydrogen-bond acceptors (Lipinski definition) is 4. The minimum Gasteiger partial charge on any atom is -0.501 e. The molecule has 38 heavy (non-hydrogen) atoms. The smallest absolute Gasteiger partial charge is 0.119 e. The average Bonchev–Trinajstić information content (AvgIpc) is 2.92. The van der Waals surface area contributed by atoms with Crippen molar-refractivity contribution in [3.8, 4) is 18.1 Å². The lowest BCUT2D eigenvalue weighted by atomic mass is 9.87. The highest BCUT2D eigenvalue weighted by atomic mass is 16.5. The molecule has 4 heteroatoms. The minimum absolute atomic E-state index is 0.0198. The second kappa shape index (κ2) is 16.6. The maximum absolute atomic E-state index is 10.0. The molecule has 0 amide bonds. The van der Waals surface area contributed by atoms with Gasteiger partial charge in [-0.25, -0.2) is 0 Å². The quantitative estimate of drug-likeness (QED) is 0.157. The van der Waals surface area contributed by atoms with Gasteiger partial charge in [-0.05, 0) is 101 Å². The summed E-state index contributed by atoms with van der Waals surface area (Å²) in [6.45, 7) is 7.79. The van der Waals surface area contributed by atoms with E-state index in [4.69, 9.17) is 15.9 Å². The fourth-order valence-electron chi connectivity index (χ4n) is 4.35. The zero-order valence-corrected chi connectivity index (χ0v) is 24.1. The number of methoxy groups -OCH3 is 1. The molecule has 0 aromatic heterocycles.